The molecule has 0 amide bonds. The van der Waals surface area contributed by atoms with Gasteiger partial charge in [-0.25, -0.2) is 21.6 Å². The van der Waals surface area contributed by atoms with Gasteiger partial charge in [0.05, 0.1) is 17.9 Å². The Kier molecular flexibility index (Phi) is 5.70. The van der Waals surface area contributed by atoms with Crippen LogP contribution < -0.4 is 4.72 Å². The fourth-order valence-corrected chi connectivity index (χ4v) is 3.71. The van der Waals surface area contributed by atoms with Crippen LogP contribution in [0.15, 0.2) is 0 Å². The number of sulfone groups is 1. The van der Waals surface area contributed by atoms with Gasteiger partial charge in [0.2, 0.25) is 10.0 Å². The van der Waals surface area contributed by atoms with Crippen LogP contribution in [0.3, 0.4) is 0 Å². The molecule has 18 heavy (non-hydrogen) atoms. The number of rotatable bonds is 8. The molecule has 0 aromatic heterocycles. The number of hydrogen-bond acceptors (Lipinski definition) is 6. The molecule has 0 aromatic rings. The van der Waals surface area contributed by atoms with Gasteiger partial charge in [-0.1, -0.05) is 0 Å². The van der Waals surface area contributed by atoms with E-state index < -0.39 is 55.8 Å². The number of aliphatic carboxylic acids is 2. The molecular formula is C7H13NO8S2. The van der Waals surface area contributed by atoms with Crippen LogP contribution in [-0.4, -0.2) is 62.8 Å². The number of nitrogens with one attached hydrogen (secondary N) is 1. The minimum atomic E-state index is -4.18. The first-order chi connectivity index (χ1) is 7.93. The van der Waals surface area contributed by atoms with Crippen molar-refractivity contribution in [2.24, 2.45) is 0 Å². The van der Waals surface area contributed by atoms with Crippen molar-refractivity contribution >= 4 is 31.8 Å². The summed E-state index contributed by atoms with van der Waals surface area (Å²) < 4.78 is 45.9. The lowest BCUT2D eigenvalue weighted by atomic mass is 10.2. The van der Waals surface area contributed by atoms with Crippen molar-refractivity contribution in [2.45, 2.75) is 12.5 Å². The second kappa shape index (κ2) is 6.11. The summed E-state index contributed by atoms with van der Waals surface area (Å²) in [6, 6.07) is -1.83. The Bertz CT molecular complexity index is 520. The van der Waals surface area contributed by atoms with E-state index in [9.17, 15) is 26.4 Å². The maximum absolute atomic E-state index is 11.3. The topological polar surface area (TPSA) is 155 Å². The van der Waals surface area contributed by atoms with E-state index in [0.29, 0.717) is 0 Å². The third-order valence-corrected chi connectivity index (χ3v) is 4.31. The highest BCUT2D eigenvalue weighted by atomic mass is 32.2. The van der Waals surface area contributed by atoms with Crippen molar-refractivity contribution in [3.63, 3.8) is 0 Å². The van der Waals surface area contributed by atoms with Gasteiger partial charge in [0, 0.05) is 6.26 Å². The van der Waals surface area contributed by atoms with E-state index in [1.54, 1.807) is 4.72 Å². The summed E-state index contributed by atoms with van der Waals surface area (Å²) in [6.45, 7) is 0. The van der Waals surface area contributed by atoms with Crippen LogP contribution in [0.5, 0.6) is 0 Å². The highest BCUT2D eigenvalue weighted by molar-refractivity contribution is 7.93. The van der Waals surface area contributed by atoms with Gasteiger partial charge in [-0.3, -0.25) is 9.59 Å². The Balaban J connectivity index is 4.72. The minimum Gasteiger partial charge on any atom is -0.481 e. The summed E-state index contributed by atoms with van der Waals surface area (Å²) in [6.07, 6.45) is -0.109. The molecule has 1 atom stereocenters. The highest BCUT2D eigenvalue weighted by Crippen LogP contribution is 1.98. The van der Waals surface area contributed by atoms with Gasteiger partial charge in [0.1, 0.15) is 15.9 Å². The number of sulfonamides is 1. The van der Waals surface area contributed by atoms with Crippen LogP contribution in [-0.2, 0) is 29.4 Å². The maximum atomic E-state index is 11.3. The van der Waals surface area contributed by atoms with E-state index in [-0.39, 0.29) is 0 Å². The monoisotopic (exact) mass is 303 g/mol. The first-order valence-electron chi connectivity index (χ1n) is 4.55. The average Bonchev–Trinajstić information content (AvgIpc) is 2.11. The van der Waals surface area contributed by atoms with E-state index >= 15 is 0 Å². The molecule has 0 saturated carbocycles. The lowest BCUT2D eigenvalue weighted by molar-refractivity contribution is -0.145. The van der Waals surface area contributed by atoms with E-state index in [1.807, 2.05) is 0 Å². The van der Waals surface area contributed by atoms with E-state index in [2.05, 4.69) is 0 Å². The fraction of sp³-hybridized carbons (Fsp3) is 0.714. The van der Waals surface area contributed by atoms with E-state index in [1.165, 1.54) is 0 Å². The lowest BCUT2D eigenvalue weighted by Crippen LogP contribution is -2.43. The van der Waals surface area contributed by atoms with Crippen molar-refractivity contribution in [1.82, 2.24) is 4.72 Å². The molecule has 0 aliphatic heterocycles. The zero-order valence-electron chi connectivity index (χ0n) is 9.36. The van der Waals surface area contributed by atoms with Crippen molar-refractivity contribution < 1.29 is 36.6 Å². The molecular weight excluding hydrogens is 290 g/mol. The molecule has 0 aliphatic carbocycles. The molecule has 0 heterocycles. The molecule has 11 heteroatoms. The van der Waals surface area contributed by atoms with E-state index in [4.69, 9.17) is 10.2 Å². The minimum absolute atomic E-state index is 0.679. The van der Waals surface area contributed by atoms with Crippen LogP contribution in [0.4, 0.5) is 0 Å². The average molecular weight is 303 g/mol. The molecule has 0 aliphatic rings. The molecule has 0 fully saturated rings. The number of carbonyl (C=O) groups is 2. The summed E-state index contributed by atoms with van der Waals surface area (Å²) in [5.74, 6) is -4.65. The van der Waals surface area contributed by atoms with Gasteiger partial charge in [-0.2, -0.15) is 0 Å². The van der Waals surface area contributed by atoms with Gasteiger partial charge < -0.3 is 10.2 Å². The molecule has 0 unspecified atom stereocenters. The van der Waals surface area contributed by atoms with Crippen LogP contribution in [0.25, 0.3) is 0 Å². The van der Waals surface area contributed by atoms with Crippen LogP contribution in [0.1, 0.15) is 6.42 Å². The first-order valence-corrected chi connectivity index (χ1v) is 8.26. The molecule has 0 saturated heterocycles. The van der Waals surface area contributed by atoms with Gasteiger partial charge >= 0.3 is 11.9 Å². The normalized spacial score (nSPS) is 14.1. The summed E-state index contributed by atoms with van der Waals surface area (Å²) in [5.41, 5.74) is 0. The molecule has 0 spiro atoms. The van der Waals surface area contributed by atoms with Crippen LogP contribution in [0, 0.1) is 0 Å². The molecule has 0 rings (SSSR count). The quantitative estimate of drug-likeness (QED) is 0.459. The van der Waals surface area contributed by atoms with Gasteiger partial charge in [0.15, 0.2) is 0 Å². The number of carboxylic acids is 2. The Morgan fingerprint density at radius 3 is 1.94 bits per heavy atom. The van der Waals surface area contributed by atoms with Gasteiger partial charge in [-0.15, -0.1) is 0 Å². The maximum Gasteiger partial charge on any atom is 0.322 e. The summed E-state index contributed by atoms with van der Waals surface area (Å²) in [5, 5.41) is 17.0. The second-order valence-electron chi connectivity index (χ2n) is 3.56. The zero-order valence-corrected chi connectivity index (χ0v) is 11.0. The fourth-order valence-electron chi connectivity index (χ4n) is 0.891. The van der Waals surface area contributed by atoms with Gasteiger partial charge in [0.25, 0.3) is 0 Å². The lowest BCUT2D eigenvalue weighted by Gasteiger charge is -2.12. The third kappa shape index (κ3) is 7.97. The second-order valence-corrected chi connectivity index (χ2v) is 7.69. The van der Waals surface area contributed by atoms with Crippen molar-refractivity contribution in [1.29, 1.82) is 0 Å². The standard InChI is InChI=1S/C7H13NO8S2/c1-17(13,14)2-3-18(15,16)8-5(7(11)12)4-6(9)10/h5,8H,2-4H2,1H3,(H,9,10)(H,11,12)/t5-/m1/s1. The number of carboxylic acid groups (broad SMARTS) is 2. The Morgan fingerprint density at radius 2 is 1.61 bits per heavy atom. The molecule has 0 radical (unpaired) electrons. The summed E-state index contributed by atoms with van der Waals surface area (Å²) in [4.78, 5) is 20.9. The summed E-state index contributed by atoms with van der Waals surface area (Å²) in [7, 11) is -7.70. The Labute approximate surface area is 104 Å². The first kappa shape index (κ1) is 16.8. The van der Waals surface area contributed by atoms with Gasteiger partial charge in [-0.05, 0) is 0 Å². The van der Waals surface area contributed by atoms with Crippen molar-refractivity contribution in [3.05, 3.63) is 0 Å². The van der Waals surface area contributed by atoms with Crippen molar-refractivity contribution in [2.75, 3.05) is 17.8 Å². The van der Waals surface area contributed by atoms with Crippen molar-refractivity contribution in [3.8, 4) is 0 Å². The zero-order chi connectivity index (χ0) is 14.6. The molecule has 0 aromatic carbocycles. The third-order valence-electron chi connectivity index (χ3n) is 1.72. The predicted molar refractivity (Wildman–Crippen MR) is 60.3 cm³/mol. The number of hydrogen-bond donors (Lipinski definition) is 3. The molecule has 3 N–H and O–H groups in total. The largest absolute Gasteiger partial charge is 0.481 e. The Hall–Kier alpha value is -1.20. The predicted octanol–water partition coefficient (Wildman–Crippen LogP) is -2.12. The Morgan fingerprint density at radius 1 is 1.11 bits per heavy atom. The van der Waals surface area contributed by atoms with Crippen LogP contribution in [0.2, 0.25) is 0 Å². The molecule has 9 nitrogen and oxygen atoms in total. The van der Waals surface area contributed by atoms with Crippen LogP contribution >= 0.6 is 0 Å². The highest BCUT2D eigenvalue weighted by Gasteiger charge is 2.26. The smallest absolute Gasteiger partial charge is 0.322 e. The SMILES string of the molecule is CS(=O)(=O)CCS(=O)(=O)N[C@H](CC(=O)O)C(=O)O. The van der Waals surface area contributed by atoms with E-state index in [0.717, 1.165) is 6.26 Å². The molecule has 106 valence electrons. The summed E-state index contributed by atoms with van der Waals surface area (Å²) >= 11 is 0. The molecule has 0 bridgehead atoms.